The van der Waals surface area contributed by atoms with Crippen LogP contribution in [0.5, 0.6) is 0 Å². The molecule has 2 aromatic heterocycles. The molecule has 1 aliphatic rings. The van der Waals surface area contributed by atoms with Crippen LogP contribution in [0, 0.1) is 11.6 Å². The number of fused-ring (bicyclic) bond motifs is 1. The predicted octanol–water partition coefficient (Wildman–Crippen LogP) is 3.54. The standard InChI is InChI=1S/C19H19F2N5OS/c1-2-5-26-8-12(9-26)25-18(27)16-7-13-17(22-10-23-19(13)28-16)24-11-3-4-14(20)15(21)6-11/h3-4,6-7,10,12H,2,5,8-9H2,1H3,(H,25,27)(H,22,23,24). The largest absolute Gasteiger partial charge is 0.346 e. The highest BCUT2D eigenvalue weighted by molar-refractivity contribution is 7.20. The third-order valence-corrected chi connectivity index (χ3v) is 5.61. The molecule has 1 fully saturated rings. The molecule has 1 aliphatic heterocycles. The molecule has 1 amide bonds. The number of aromatic nitrogens is 2. The van der Waals surface area contributed by atoms with Gasteiger partial charge < -0.3 is 10.6 Å². The lowest BCUT2D eigenvalue weighted by atomic mass is 10.1. The first kappa shape index (κ1) is 18.7. The van der Waals surface area contributed by atoms with Crippen molar-refractivity contribution in [3.05, 3.63) is 47.1 Å². The lowest BCUT2D eigenvalue weighted by Crippen LogP contribution is -2.59. The van der Waals surface area contributed by atoms with Crippen LogP contribution in [0.2, 0.25) is 0 Å². The lowest BCUT2D eigenvalue weighted by molar-refractivity contribution is 0.0817. The Morgan fingerprint density at radius 1 is 1.25 bits per heavy atom. The highest BCUT2D eigenvalue weighted by Crippen LogP contribution is 2.30. The van der Waals surface area contributed by atoms with Crippen LogP contribution in [0.1, 0.15) is 23.0 Å². The van der Waals surface area contributed by atoms with Gasteiger partial charge in [0.2, 0.25) is 0 Å². The molecule has 2 N–H and O–H groups in total. The highest BCUT2D eigenvalue weighted by atomic mass is 32.1. The Bertz CT molecular complexity index is 1020. The Balaban J connectivity index is 1.50. The van der Waals surface area contributed by atoms with Crippen molar-refractivity contribution < 1.29 is 13.6 Å². The van der Waals surface area contributed by atoms with E-state index in [1.807, 2.05) is 0 Å². The molecule has 0 radical (unpaired) electrons. The number of carbonyl (C=O) groups is 1. The van der Waals surface area contributed by atoms with Crippen molar-refractivity contribution in [3.8, 4) is 0 Å². The molecule has 0 atom stereocenters. The summed E-state index contributed by atoms with van der Waals surface area (Å²) in [6.45, 7) is 4.92. The molecule has 3 aromatic rings. The minimum Gasteiger partial charge on any atom is -0.346 e. The molecule has 0 spiro atoms. The van der Waals surface area contributed by atoms with Crippen molar-refractivity contribution >= 4 is 39.0 Å². The van der Waals surface area contributed by atoms with E-state index in [4.69, 9.17) is 0 Å². The molecule has 1 saturated heterocycles. The number of amides is 1. The minimum absolute atomic E-state index is 0.136. The average molecular weight is 403 g/mol. The summed E-state index contributed by atoms with van der Waals surface area (Å²) >= 11 is 1.27. The summed E-state index contributed by atoms with van der Waals surface area (Å²) in [5.74, 6) is -1.56. The van der Waals surface area contributed by atoms with Crippen LogP contribution < -0.4 is 10.6 Å². The molecule has 1 aromatic carbocycles. The van der Waals surface area contributed by atoms with Crippen LogP contribution in [-0.2, 0) is 0 Å². The van der Waals surface area contributed by atoms with E-state index in [0.29, 0.717) is 26.6 Å². The van der Waals surface area contributed by atoms with E-state index in [1.165, 1.54) is 23.7 Å². The number of likely N-dealkylation sites (tertiary alicyclic amines) is 1. The molecule has 0 saturated carbocycles. The fraction of sp³-hybridized carbons (Fsp3) is 0.316. The number of nitrogens with one attached hydrogen (secondary N) is 2. The quantitative estimate of drug-likeness (QED) is 0.659. The molecule has 146 valence electrons. The second-order valence-corrected chi connectivity index (χ2v) is 7.77. The molecular weight excluding hydrogens is 384 g/mol. The van der Waals surface area contributed by atoms with Gasteiger partial charge in [-0.05, 0) is 31.2 Å². The monoisotopic (exact) mass is 403 g/mol. The number of hydrogen-bond donors (Lipinski definition) is 2. The number of halogens is 2. The molecule has 0 bridgehead atoms. The number of thiophene rings is 1. The summed E-state index contributed by atoms with van der Waals surface area (Å²) in [6.07, 6.45) is 2.47. The lowest BCUT2D eigenvalue weighted by Gasteiger charge is -2.39. The van der Waals surface area contributed by atoms with Gasteiger partial charge in [-0.3, -0.25) is 9.69 Å². The van der Waals surface area contributed by atoms with Gasteiger partial charge in [0.25, 0.3) is 5.91 Å². The van der Waals surface area contributed by atoms with Gasteiger partial charge in [0.05, 0.1) is 16.3 Å². The fourth-order valence-electron chi connectivity index (χ4n) is 3.19. The van der Waals surface area contributed by atoms with Crippen LogP contribution in [-0.4, -0.2) is 46.5 Å². The first-order valence-corrected chi connectivity index (χ1v) is 9.85. The van der Waals surface area contributed by atoms with E-state index < -0.39 is 11.6 Å². The second kappa shape index (κ2) is 7.76. The smallest absolute Gasteiger partial charge is 0.261 e. The van der Waals surface area contributed by atoms with Crippen molar-refractivity contribution in [2.75, 3.05) is 25.0 Å². The molecule has 0 aliphatic carbocycles. The number of rotatable bonds is 6. The van der Waals surface area contributed by atoms with Crippen LogP contribution in [0.25, 0.3) is 10.2 Å². The van der Waals surface area contributed by atoms with E-state index in [2.05, 4.69) is 32.4 Å². The minimum atomic E-state index is -0.946. The number of carbonyl (C=O) groups excluding carboxylic acids is 1. The molecule has 0 unspecified atom stereocenters. The van der Waals surface area contributed by atoms with Gasteiger partial charge in [-0.1, -0.05) is 6.92 Å². The molecule has 3 heterocycles. The van der Waals surface area contributed by atoms with Gasteiger partial charge in [-0.25, -0.2) is 18.7 Å². The highest BCUT2D eigenvalue weighted by Gasteiger charge is 2.28. The Hall–Kier alpha value is -2.65. The van der Waals surface area contributed by atoms with Crippen molar-refractivity contribution in [2.45, 2.75) is 19.4 Å². The summed E-state index contributed by atoms with van der Waals surface area (Å²) in [6, 6.07) is 5.41. The summed E-state index contributed by atoms with van der Waals surface area (Å²) in [5.41, 5.74) is 0.363. The summed E-state index contributed by atoms with van der Waals surface area (Å²) < 4.78 is 26.6. The maximum Gasteiger partial charge on any atom is 0.261 e. The number of nitrogens with zero attached hydrogens (tertiary/aromatic N) is 3. The average Bonchev–Trinajstić information content (AvgIpc) is 3.08. The number of hydrogen-bond acceptors (Lipinski definition) is 6. The maximum atomic E-state index is 13.4. The zero-order valence-corrected chi connectivity index (χ0v) is 16.0. The number of benzene rings is 1. The predicted molar refractivity (Wildman–Crippen MR) is 105 cm³/mol. The molecule has 28 heavy (non-hydrogen) atoms. The van der Waals surface area contributed by atoms with E-state index >= 15 is 0 Å². The Morgan fingerprint density at radius 2 is 2.07 bits per heavy atom. The van der Waals surface area contributed by atoms with Gasteiger partial charge in [0.1, 0.15) is 17.0 Å². The zero-order chi connectivity index (χ0) is 19.7. The van der Waals surface area contributed by atoms with Crippen LogP contribution in [0.3, 0.4) is 0 Å². The van der Waals surface area contributed by atoms with Crippen molar-refractivity contribution in [2.24, 2.45) is 0 Å². The Kier molecular flexibility index (Phi) is 5.19. The third-order valence-electron chi connectivity index (χ3n) is 4.57. The van der Waals surface area contributed by atoms with E-state index in [-0.39, 0.29) is 11.9 Å². The first-order valence-electron chi connectivity index (χ1n) is 9.03. The van der Waals surface area contributed by atoms with Crippen molar-refractivity contribution in [3.63, 3.8) is 0 Å². The SMILES string of the molecule is CCCN1CC(NC(=O)c2cc3c(Nc4ccc(F)c(F)c4)ncnc3s2)C1. The molecule has 4 rings (SSSR count). The van der Waals surface area contributed by atoms with Gasteiger partial charge in [0, 0.05) is 24.8 Å². The van der Waals surface area contributed by atoms with Crippen LogP contribution >= 0.6 is 11.3 Å². The Morgan fingerprint density at radius 3 is 2.82 bits per heavy atom. The topological polar surface area (TPSA) is 70.2 Å². The molecule has 6 nitrogen and oxygen atoms in total. The van der Waals surface area contributed by atoms with Crippen molar-refractivity contribution in [1.82, 2.24) is 20.2 Å². The third kappa shape index (κ3) is 3.81. The van der Waals surface area contributed by atoms with Crippen LogP contribution in [0.4, 0.5) is 20.3 Å². The maximum absolute atomic E-state index is 13.4. The second-order valence-electron chi connectivity index (χ2n) is 6.74. The van der Waals surface area contributed by atoms with E-state index in [0.717, 1.165) is 38.2 Å². The normalized spacial score (nSPS) is 14.8. The fourth-order valence-corrected chi connectivity index (χ4v) is 4.10. The van der Waals surface area contributed by atoms with E-state index in [9.17, 15) is 13.6 Å². The van der Waals surface area contributed by atoms with Gasteiger partial charge in [-0.2, -0.15) is 0 Å². The van der Waals surface area contributed by atoms with Crippen molar-refractivity contribution in [1.29, 1.82) is 0 Å². The Labute approximate surface area is 164 Å². The molecule has 9 heteroatoms. The van der Waals surface area contributed by atoms with Gasteiger partial charge >= 0.3 is 0 Å². The summed E-state index contributed by atoms with van der Waals surface area (Å²) in [5, 5.41) is 6.65. The van der Waals surface area contributed by atoms with Gasteiger partial charge in [-0.15, -0.1) is 11.3 Å². The van der Waals surface area contributed by atoms with Crippen LogP contribution in [0.15, 0.2) is 30.6 Å². The molecular formula is C19H19F2N5OS. The van der Waals surface area contributed by atoms with Gasteiger partial charge in [0.15, 0.2) is 11.6 Å². The van der Waals surface area contributed by atoms with E-state index in [1.54, 1.807) is 6.07 Å². The zero-order valence-electron chi connectivity index (χ0n) is 15.2. The summed E-state index contributed by atoms with van der Waals surface area (Å²) in [7, 11) is 0. The summed E-state index contributed by atoms with van der Waals surface area (Å²) in [4.78, 5) is 24.4. The number of anilines is 2. The first-order chi connectivity index (χ1) is 13.5.